The molecule has 0 bridgehead atoms. The van der Waals surface area contributed by atoms with Gasteiger partial charge in [0.1, 0.15) is 17.3 Å². The standard InChI is InChI=1S/C28H25Cl2NO6/c1-4-37-20-7-5-6-16(12-20)15-31-24(17-8-10-19(35-2)11-9-17)23(26(33)28(31)34)25(32)18-13-21(29)27(36-3)22(30)14-18/h5-14,24,32H,4,15H2,1-3H3/b25-23+. The predicted octanol–water partition coefficient (Wildman–Crippen LogP) is 6.03. The number of ketones is 1. The molecular weight excluding hydrogens is 517 g/mol. The minimum atomic E-state index is -0.874. The molecule has 0 saturated carbocycles. The lowest BCUT2D eigenvalue weighted by Gasteiger charge is -2.26. The van der Waals surface area contributed by atoms with Crippen LogP contribution in [0, 0.1) is 0 Å². The van der Waals surface area contributed by atoms with Crippen LogP contribution in [0.2, 0.25) is 10.0 Å². The lowest BCUT2D eigenvalue weighted by atomic mass is 9.95. The number of benzene rings is 3. The van der Waals surface area contributed by atoms with Crippen molar-refractivity contribution >= 4 is 40.7 Å². The highest BCUT2D eigenvalue weighted by Crippen LogP contribution is 2.43. The second-order valence-electron chi connectivity index (χ2n) is 8.25. The average molecular weight is 542 g/mol. The largest absolute Gasteiger partial charge is 0.507 e. The SMILES string of the molecule is CCOc1cccc(CN2C(=O)C(=O)/C(=C(/O)c3cc(Cl)c(OC)c(Cl)c3)C2c2ccc(OC)cc2)c1. The molecule has 0 aliphatic carbocycles. The number of hydrogen-bond acceptors (Lipinski definition) is 6. The number of likely N-dealkylation sites (tertiary alicyclic amines) is 1. The Hall–Kier alpha value is -3.68. The van der Waals surface area contributed by atoms with Crippen molar-refractivity contribution in [2.45, 2.75) is 19.5 Å². The monoisotopic (exact) mass is 541 g/mol. The summed E-state index contributed by atoms with van der Waals surface area (Å²) in [5.74, 6) is -0.450. The maximum atomic E-state index is 13.3. The van der Waals surface area contributed by atoms with E-state index in [-0.39, 0.29) is 33.5 Å². The number of methoxy groups -OCH3 is 2. The smallest absolute Gasteiger partial charge is 0.295 e. The van der Waals surface area contributed by atoms with Gasteiger partial charge in [0.15, 0.2) is 5.75 Å². The molecule has 37 heavy (non-hydrogen) atoms. The van der Waals surface area contributed by atoms with E-state index in [1.807, 2.05) is 31.2 Å². The molecule has 1 unspecified atom stereocenters. The molecule has 1 saturated heterocycles. The van der Waals surface area contributed by atoms with E-state index in [0.29, 0.717) is 23.7 Å². The fourth-order valence-corrected chi connectivity index (χ4v) is 4.96. The van der Waals surface area contributed by atoms with Gasteiger partial charge in [0.25, 0.3) is 11.7 Å². The van der Waals surface area contributed by atoms with Crippen LogP contribution in [0.3, 0.4) is 0 Å². The first-order valence-electron chi connectivity index (χ1n) is 11.5. The van der Waals surface area contributed by atoms with Crippen LogP contribution in [0.4, 0.5) is 0 Å². The molecule has 0 aromatic heterocycles. The average Bonchev–Trinajstić information content (AvgIpc) is 3.13. The van der Waals surface area contributed by atoms with Gasteiger partial charge in [-0.25, -0.2) is 0 Å². The third-order valence-electron chi connectivity index (χ3n) is 6.01. The van der Waals surface area contributed by atoms with Gasteiger partial charge in [-0.15, -0.1) is 0 Å². The number of Topliss-reactive ketones (excluding diaryl/α,β-unsaturated/α-hetero) is 1. The van der Waals surface area contributed by atoms with E-state index in [4.69, 9.17) is 37.4 Å². The van der Waals surface area contributed by atoms with Crippen LogP contribution in [0.15, 0.2) is 66.2 Å². The lowest BCUT2D eigenvalue weighted by Crippen LogP contribution is -2.29. The highest BCUT2D eigenvalue weighted by atomic mass is 35.5. The first-order chi connectivity index (χ1) is 17.8. The zero-order chi connectivity index (χ0) is 26.7. The van der Waals surface area contributed by atoms with E-state index < -0.39 is 23.5 Å². The van der Waals surface area contributed by atoms with E-state index in [0.717, 1.165) is 5.56 Å². The number of rotatable bonds is 8. The van der Waals surface area contributed by atoms with Crippen LogP contribution in [-0.4, -0.2) is 42.5 Å². The normalized spacial score (nSPS) is 16.7. The lowest BCUT2D eigenvalue weighted by molar-refractivity contribution is -0.140. The van der Waals surface area contributed by atoms with Crippen molar-refractivity contribution in [2.24, 2.45) is 0 Å². The molecule has 1 amide bonds. The maximum Gasteiger partial charge on any atom is 0.295 e. The van der Waals surface area contributed by atoms with Gasteiger partial charge < -0.3 is 24.2 Å². The summed E-state index contributed by atoms with van der Waals surface area (Å²) in [5.41, 5.74) is 1.49. The topological polar surface area (TPSA) is 85.3 Å². The van der Waals surface area contributed by atoms with Crippen molar-refractivity contribution in [3.8, 4) is 17.2 Å². The Morgan fingerprint density at radius 2 is 1.62 bits per heavy atom. The fraction of sp³-hybridized carbons (Fsp3) is 0.214. The molecule has 1 heterocycles. The first-order valence-corrected chi connectivity index (χ1v) is 12.2. The molecule has 1 fully saturated rings. The molecule has 0 spiro atoms. The summed E-state index contributed by atoms with van der Waals surface area (Å²) in [4.78, 5) is 28.1. The second-order valence-corrected chi connectivity index (χ2v) is 9.07. The number of amides is 1. The number of aliphatic hydroxyl groups is 1. The first kappa shape index (κ1) is 26.4. The van der Waals surface area contributed by atoms with E-state index in [1.54, 1.807) is 31.4 Å². The van der Waals surface area contributed by atoms with Crippen molar-refractivity contribution in [3.05, 3.63) is 93.0 Å². The highest BCUT2D eigenvalue weighted by molar-refractivity contribution is 6.46. The molecule has 4 rings (SSSR count). The minimum absolute atomic E-state index is 0.0755. The quantitative estimate of drug-likeness (QED) is 0.213. The van der Waals surface area contributed by atoms with Crippen LogP contribution in [0.5, 0.6) is 17.2 Å². The van der Waals surface area contributed by atoms with Gasteiger partial charge in [-0.1, -0.05) is 47.5 Å². The summed E-state index contributed by atoms with van der Waals surface area (Å²) in [6, 6.07) is 16.3. The van der Waals surface area contributed by atoms with Crippen LogP contribution >= 0.6 is 23.2 Å². The molecule has 3 aromatic rings. The van der Waals surface area contributed by atoms with E-state index >= 15 is 0 Å². The Morgan fingerprint density at radius 3 is 2.22 bits per heavy atom. The Labute approximate surface area is 224 Å². The molecule has 1 aliphatic rings. The van der Waals surface area contributed by atoms with Gasteiger partial charge in [0.2, 0.25) is 0 Å². The molecule has 3 aromatic carbocycles. The summed E-state index contributed by atoms with van der Waals surface area (Å²) in [6.07, 6.45) is 0. The van der Waals surface area contributed by atoms with Crippen LogP contribution in [0.1, 0.15) is 29.7 Å². The van der Waals surface area contributed by atoms with Gasteiger partial charge in [0, 0.05) is 12.1 Å². The third kappa shape index (κ3) is 5.24. The van der Waals surface area contributed by atoms with Crippen molar-refractivity contribution in [2.75, 3.05) is 20.8 Å². The Bertz CT molecular complexity index is 1350. The van der Waals surface area contributed by atoms with Gasteiger partial charge in [-0.3, -0.25) is 9.59 Å². The summed E-state index contributed by atoms with van der Waals surface area (Å²) in [5, 5.41) is 11.6. The van der Waals surface area contributed by atoms with Crippen LogP contribution in [-0.2, 0) is 16.1 Å². The van der Waals surface area contributed by atoms with E-state index in [9.17, 15) is 14.7 Å². The molecule has 1 N–H and O–H groups in total. The summed E-state index contributed by atoms with van der Waals surface area (Å²) >= 11 is 12.6. The minimum Gasteiger partial charge on any atom is -0.507 e. The van der Waals surface area contributed by atoms with E-state index in [2.05, 4.69) is 0 Å². The molecule has 1 atom stereocenters. The van der Waals surface area contributed by atoms with E-state index in [1.165, 1.54) is 24.1 Å². The molecular formula is C28H25Cl2NO6. The summed E-state index contributed by atoms with van der Waals surface area (Å²) in [6.45, 7) is 2.49. The fourth-order valence-electron chi connectivity index (χ4n) is 4.32. The second kappa shape index (κ2) is 11.2. The number of aliphatic hydroxyl groups excluding tert-OH is 1. The zero-order valence-corrected chi connectivity index (χ0v) is 22.0. The van der Waals surface area contributed by atoms with Crippen molar-refractivity contribution in [1.29, 1.82) is 0 Å². The Morgan fingerprint density at radius 1 is 0.946 bits per heavy atom. The van der Waals surface area contributed by atoms with Crippen LogP contribution in [0.25, 0.3) is 5.76 Å². The van der Waals surface area contributed by atoms with Gasteiger partial charge in [0.05, 0.1) is 42.5 Å². The van der Waals surface area contributed by atoms with Gasteiger partial charge in [-0.05, 0) is 54.4 Å². The molecule has 9 heteroatoms. The highest BCUT2D eigenvalue weighted by Gasteiger charge is 2.46. The zero-order valence-electron chi connectivity index (χ0n) is 20.5. The number of halogens is 2. The molecule has 7 nitrogen and oxygen atoms in total. The van der Waals surface area contributed by atoms with Crippen molar-refractivity contribution in [3.63, 3.8) is 0 Å². The summed E-state index contributed by atoms with van der Waals surface area (Å²) in [7, 11) is 2.96. The molecule has 0 radical (unpaired) electrons. The Balaban J connectivity index is 1.85. The maximum absolute atomic E-state index is 13.3. The molecule has 192 valence electrons. The number of ether oxygens (including phenoxy) is 3. The van der Waals surface area contributed by atoms with Crippen molar-refractivity contribution < 1.29 is 28.9 Å². The summed E-state index contributed by atoms with van der Waals surface area (Å²) < 4.78 is 16.0. The third-order valence-corrected chi connectivity index (χ3v) is 6.57. The van der Waals surface area contributed by atoms with Gasteiger partial charge >= 0.3 is 0 Å². The van der Waals surface area contributed by atoms with Crippen molar-refractivity contribution in [1.82, 2.24) is 4.90 Å². The van der Waals surface area contributed by atoms with Gasteiger partial charge in [-0.2, -0.15) is 0 Å². The number of carbonyl (C=O) groups excluding carboxylic acids is 2. The molecule has 1 aliphatic heterocycles. The number of hydrogen-bond donors (Lipinski definition) is 1. The number of carbonyl (C=O) groups is 2. The Kier molecular flexibility index (Phi) is 7.95. The number of nitrogens with zero attached hydrogens (tertiary/aromatic N) is 1. The van der Waals surface area contributed by atoms with Crippen LogP contribution < -0.4 is 14.2 Å². The predicted molar refractivity (Wildman–Crippen MR) is 141 cm³/mol.